The zero-order chi connectivity index (χ0) is 16.0. The summed E-state index contributed by atoms with van der Waals surface area (Å²) in [6.45, 7) is 10.3. The van der Waals surface area contributed by atoms with Crippen LogP contribution in [0.5, 0.6) is 0 Å². The molecule has 0 aliphatic heterocycles. The first kappa shape index (κ1) is 18.4. The van der Waals surface area contributed by atoms with Crippen LogP contribution in [0.15, 0.2) is 0 Å². The molecule has 0 unspecified atom stereocenters. The van der Waals surface area contributed by atoms with Crippen molar-refractivity contribution in [2.24, 2.45) is 5.92 Å². The van der Waals surface area contributed by atoms with Crippen LogP contribution < -0.4 is 5.32 Å². The molecule has 0 spiro atoms. The second-order valence-corrected chi connectivity index (χ2v) is 6.67. The van der Waals surface area contributed by atoms with Crippen LogP contribution in [0.25, 0.3) is 0 Å². The van der Waals surface area contributed by atoms with Gasteiger partial charge in [-0.1, -0.05) is 13.8 Å². The Hall–Kier alpha value is -0.690. The van der Waals surface area contributed by atoms with E-state index in [1.54, 1.807) is 4.68 Å². The molecule has 21 heavy (non-hydrogen) atoms. The third-order valence-electron chi connectivity index (χ3n) is 3.20. The van der Waals surface area contributed by atoms with Gasteiger partial charge in [-0.2, -0.15) is 18.3 Å². The van der Waals surface area contributed by atoms with Gasteiger partial charge in [0, 0.05) is 11.4 Å². The van der Waals surface area contributed by atoms with Crippen LogP contribution in [0.3, 0.4) is 0 Å². The van der Waals surface area contributed by atoms with Gasteiger partial charge in [0.2, 0.25) is 0 Å². The molecule has 1 heterocycles. The first-order valence-electron chi connectivity index (χ1n) is 7.15. The number of aromatic nitrogens is 2. The number of nitrogens with one attached hydrogen (secondary N) is 1. The minimum atomic E-state index is -4.17. The smallest absolute Gasteiger partial charge is 0.316 e. The van der Waals surface area contributed by atoms with Crippen molar-refractivity contribution >= 4 is 11.8 Å². The number of nitrogens with zero attached hydrogens (tertiary/aromatic N) is 2. The Morgan fingerprint density at radius 2 is 1.95 bits per heavy atom. The molecule has 0 bridgehead atoms. The average Bonchev–Trinajstić information content (AvgIpc) is 2.59. The summed E-state index contributed by atoms with van der Waals surface area (Å²) in [5.41, 5.74) is -1.14. The number of thioether (sulfide) groups is 1. The lowest BCUT2D eigenvalue weighted by molar-refractivity contribution is -0.0328. The quantitative estimate of drug-likeness (QED) is 0.742. The van der Waals surface area contributed by atoms with Gasteiger partial charge in [0.15, 0.2) is 0 Å². The highest BCUT2D eigenvalue weighted by Gasteiger charge is 2.27. The van der Waals surface area contributed by atoms with Crippen LogP contribution in [0.4, 0.5) is 13.2 Å². The Bertz CT molecular complexity index is 441. The van der Waals surface area contributed by atoms with Crippen molar-refractivity contribution in [3.05, 3.63) is 17.0 Å². The first-order chi connectivity index (χ1) is 9.70. The number of hydrogen-bond acceptors (Lipinski definition) is 3. The summed E-state index contributed by atoms with van der Waals surface area (Å²) >= 11 is 0.00372. The molecule has 0 aromatic carbocycles. The van der Waals surface area contributed by atoms with Gasteiger partial charge in [0.25, 0.3) is 0 Å². The van der Waals surface area contributed by atoms with E-state index in [0.29, 0.717) is 5.92 Å². The molecule has 0 amide bonds. The van der Waals surface area contributed by atoms with Crippen molar-refractivity contribution in [1.82, 2.24) is 15.1 Å². The minimum Gasteiger partial charge on any atom is -0.316 e. The summed E-state index contributed by atoms with van der Waals surface area (Å²) in [5, 5.41) is 7.72. The molecule has 122 valence electrons. The monoisotopic (exact) mass is 323 g/mol. The SMILES string of the molecule is Cc1nn(CCSC(F)(F)F)c(C)c1CCNCC(C)C. The van der Waals surface area contributed by atoms with Crippen molar-refractivity contribution in [3.63, 3.8) is 0 Å². The van der Waals surface area contributed by atoms with Gasteiger partial charge in [-0.25, -0.2) is 0 Å². The molecule has 7 heteroatoms. The second-order valence-electron chi connectivity index (χ2n) is 5.51. The predicted molar refractivity (Wildman–Crippen MR) is 81.6 cm³/mol. The van der Waals surface area contributed by atoms with Gasteiger partial charge in [-0.3, -0.25) is 4.68 Å². The molecule has 3 nitrogen and oxygen atoms in total. The van der Waals surface area contributed by atoms with E-state index in [9.17, 15) is 13.2 Å². The number of alkyl halides is 3. The van der Waals surface area contributed by atoms with Gasteiger partial charge in [-0.05, 0) is 56.6 Å². The van der Waals surface area contributed by atoms with Crippen LogP contribution in [-0.2, 0) is 13.0 Å². The summed E-state index contributed by atoms with van der Waals surface area (Å²) in [6, 6.07) is 0. The molecule has 1 rings (SSSR count). The van der Waals surface area contributed by atoms with Gasteiger partial charge >= 0.3 is 5.51 Å². The zero-order valence-electron chi connectivity index (χ0n) is 13.0. The fourth-order valence-corrected chi connectivity index (χ4v) is 2.66. The summed E-state index contributed by atoms with van der Waals surface area (Å²) < 4.78 is 38.1. The fraction of sp³-hybridized carbons (Fsp3) is 0.786. The summed E-state index contributed by atoms with van der Waals surface area (Å²) in [5.74, 6) is 0.602. The standard InChI is InChI=1S/C14H24F3N3S/c1-10(2)9-18-6-5-13-11(3)19-20(12(13)4)7-8-21-14(15,16)17/h10,18H,5-9H2,1-4H3. The number of aryl methyl sites for hydroxylation is 2. The van der Waals surface area contributed by atoms with Gasteiger partial charge in [-0.15, -0.1) is 0 Å². The second kappa shape index (κ2) is 8.08. The Labute approximate surface area is 128 Å². The van der Waals surface area contributed by atoms with Crippen LogP contribution in [0.2, 0.25) is 0 Å². The normalized spacial score (nSPS) is 12.4. The van der Waals surface area contributed by atoms with Gasteiger partial charge in [0.05, 0.1) is 12.2 Å². The number of halogens is 3. The Balaban J connectivity index is 2.51. The molecular formula is C14H24F3N3S. The van der Waals surface area contributed by atoms with Crippen molar-refractivity contribution < 1.29 is 13.2 Å². The Morgan fingerprint density at radius 1 is 1.29 bits per heavy atom. The largest absolute Gasteiger partial charge is 0.441 e. The lowest BCUT2D eigenvalue weighted by atomic mass is 10.1. The van der Waals surface area contributed by atoms with E-state index < -0.39 is 5.51 Å². The predicted octanol–water partition coefficient (Wildman–Crippen LogP) is 3.54. The van der Waals surface area contributed by atoms with Crippen LogP contribution in [0, 0.1) is 19.8 Å². The molecule has 0 radical (unpaired) electrons. The maximum absolute atomic E-state index is 12.1. The van der Waals surface area contributed by atoms with Crippen molar-refractivity contribution in [2.45, 2.75) is 46.2 Å². The van der Waals surface area contributed by atoms with Crippen LogP contribution in [-0.4, -0.2) is 34.1 Å². The topological polar surface area (TPSA) is 29.9 Å². The lowest BCUT2D eigenvalue weighted by Gasteiger charge is -2.09. The van der Waals surface area contributed by atoms with E-state index in [-0.39, 0.29) is 24.1 Å². The Morgan fingerprint density at radius 3 is 2.52 bits per heavy atom. The molecule has 1 aromatic heterocycles. The molecule has 0 aliphatic carbocycles. The highest BCUT2D eigenvalue weighted by molar-refractivity contribution is 8.00. The van der Waals surface area contributed by atoms with E-state index in [0.717, 1.165) is 36.5 Å². The van der Waals surface area contributed by atoms with Crippen molar-refractivity contribution in [2.75, 3.05) is 18.8 Å². The van der Waals surface area contributed by atoms with E-state index >= 15 is 0 Å². The summed E-state index contributed by atoms with van der Waals surface area (Å²) in [7, 11) is 0. The van der Waals surface area contributed by atoms with E-state index in [1.807, 2.05) is 13.8 Å². The first-order valence-corrected chi connectivity index (χ1v) is 8.13. The molecule has 0 fully saturated rings. The highest BCUT2D eigenvalue weighted by Crippen LogP contribution is 2.30. The maximum atomic E-state index is 12.1. The molecule has 0 saturated heterocycles. The molecule has 1 N–H and O–H groups in total. The van der Waals surface area contributed by atoms with Gasteiger partial charge < -0.3 is 5.32 Å². The molecule has 0 aliphatic rings. The van der Waals surface area contributed by atoms with E-state index in [2.05, 4.69) is 24.3 Å². The van der Waals surface area contributed by atoms with Crippen molar-refractivity contribution in [3.8, 4) is 0 Å². The number of hydrogen-bond donors (Lipinski definition) is 1. The fourth-order valence-electron chi connectivity index (χ4n) is 2.17. The third-order valence-corrected chi connectivity index (χ3v) is 3.92. The molecular weight excluding hydrogens is 299 g/mol. The summed E-state index contributed by atoms with van der Waals surface area (Å²) in [4.78, 5) is 0. The van der Waals surface area contributed by atoms with Crippen LogP contribution in [0.1, 0.15) is 30.8 Å². The molecule has 0 saturated carbocycles. The maximum Gasteiger partial charge on any atom is 0.441 e. The zero-order valence-corrected chi connectivity index (χ0v) is 13.9. The van der Waals surface area contributed by atoms with E-state index in [1.165, 1.54) is 0 Å². The minimum absolute atomic E-state index is 0.00347. The lowest BCUT2D eigenvalue weighted by Crippen LogP contribution is -2.22. The number of rotatable bonds is 8. The average molecular weight is 323 g/mol. The van der Waals surface area contributed by atoms with Gasteiger partial charge in [0.1, 0.15) is 0 Å². The molecule has 1 aromatic rings. The summed E-state index contributed by atoms with van der Waals surface area (Å²) in [6.07, 6.45) is 0.858. The van der Waals surface area contributed by atoms with Crippen LogP contribution >= 0.6 is 11.8 Å². The molecule has 0 atom stereocenters. The van der Waals surface area contributed by atoms with E-state index in [4.69, 9.17) is 0 Å². The van der Waals surface area contributed by atoms with Crippen molar-refractivity contribution in [1.29, 1.82) is 0 Å². The highest BCUT2D eigenvalue weighted by atomic mass is 32.2. The third kappa shape index (κ3) is 6.74. The Kier molecular flexibility index (Phi) is 7.06.